The molecule has 0 N–H and O–H groups in total. The second-order valence-corrected chi connectivity index (χ2v) is 6.38. The van der Waals surface area contributed by atoms with Gasteiger partial charge in [0.2, 0.25) is 0 Å². The molecule has 0 aliphatic rings. The minimum absolute atomic E-state index is 0.159. The van der Waals surface area contributed by atoms with Crippen LogP contribution in [0.1, 0.15) is 10.4 Å². The van der Waals surface area contributed by atoms with E-state index in [0.717, 1.165) is 11.1 Å². The molecule has 0 atom stereocenters. The summed E-state index contributed by atoms with van der Waals surface area (Å²) in [6.07, 6.45) is 4.83. The molecule has 0 aliphatic heterocycles. The van der Waals surface area contributed by atoms with Crippen molar-refractivity contribution in [2.45, 2.75) is 0 Å². The van der Waals surface area contributed by atoms with Gasteiger partial charge in [0.1, 0.15) is 17.8 Å². The molecule has 2 aromatic carbocycles. The van der Waals surface area contributed by atoms with Crippen LogP contribution in [0, 0.1) is 0 Å². The molecular formula is C22H23N5O3. The average molecular weight is 405 g/mol. The van der Waals surface area contributed by atoms with Gasteiger partial charge in [-0.15, -0.1) is 18.3 Å². The molecule has 30 heavy (non-hydrogen) atoms. The van der Waals surface area contributed by atoms with Crippen molar-refractivity contribution in [1.82, 2.24) is 25.1 Å². The Morgan fingerprint density at radius 1 is 1.10 bits per heavy atom. The van der Waals surface area contributed by atoms with Crippen molar-refractivity contribution in [2.24, 2.45) is 0 Å². The van der Waals surface area contributed by atoms with Crippen LogP contribution in [0.25, 0.3) is 16.8 Å². The lowest BCUT2D eigenvalue weighted by atomic mass is 10.00. The van der Waals surface area contributed by atoms with Crippen LogP contribution < -0.4 is 9.47 Å². The highest BCUT2D eigenvalue weighted by Crippen LogP contribution is 2.35. The van der Waals surface area contributed by atoms with Crippen molar-refractivity contribution >= 4 is 5.91 Å². The Morgan fingerprint density at radius 2 is 1.87 bits per heavy atom. The van der Waals surface area contributed by atoms with Crippen LogP contribution >= 0.6 is 0 Å². The Hall–Kier alpha value is -3.94. The van der Waals surface area contributed by atoms with E-state index in [2.05, 4.69) is 28.7 Å². The van der Waals surface area contributed by atoms with Gasteiger partial charge < -0.3 is 14.4 Å². The molecule has 3 rings (SSSR count). The first kappa shape index (κ1) is 20.8. The largest absolute Gasteiger partial charge is 0.497 e. The van der Waals surface area contributed by atoms with E-state index in [4.69, 9.17) is 9.47 Å². The maximum atomic E-state index is 13.2. The number of carbonyl (C=O) groups excluding carboxylic acids is 1. The topological polar surface area (TPSA) is 82.4 Å². The van der Waals surface area contributed by atoms with Crippen LogP contribution in [0.5, 0.6) is 11.5 Å². The number of amides is 1. The number of benzene rings is 2. The van der Waals surface area contributed by atoms with Gasteiger partial charge in [0.25, 0.3) is 5.91 Å². The molecule has 3 aromatic rings. The van der Waals surface area contributed by atoms with E-state index in [1.165, 1.54) is 11.0 Å². The Kier molecular flexibility index (Phi) is 6.59. The van der Waals surface area contributed by atoms with Gasteiger partial charge >= 0.3 is 0 Å². The number of hydrogen-bond donors (Lipinski definition) is 0. The van der Waals surface area contributed by atoms with Crippen molar-refractivity contribution < 1.29 is 14.3 Å². The first-order valence-corrected chi connectivity index (χ1v) is 9.23. The summed E-state index contributed by atoms with van der Waals surface area (Å²) >= 11 is 0. The van der Waals surface area contributed by atoms with Crippen LogP contribution in [-0.2, 0) is 0 Å². The molecule has 0 spiro atoms. The van der Waals surface area contributed by atoms with E-state index in [-0.39, 0.29) is 5.91 Å². The summed E-state index contributed by atoms with van der Waals surface area (Å²) in [5.74, 6) is 1.16. The minimum Gasteiger partial charge on any atom is -0.497 e. The molecule has 8 heteroatoms. The van der Waals surface area contributed by atoms with E-state index in [1.54, 1.807) is 37.3 Å². The predicted octanol–water partition coefficient (Wildman–Crippen LogP) is 3.16. The number of methoxy groups -OCH3 is 2. The van der Waals surface area contributed by atoms with E-state index in [9.17, 15) is 4.79 Å². The molecule has 0 radical (unpaired) electrons. The molecule has 0 aliphatic carbocycles. The summed E-state index contributed by atoms with van der Waals surface area (Å²) in [4.78, 5) is 14.9. The van der Waals surface area contributed by atoms with E-state index < -0.39 is 0 Å². The van der Waals surface area contributed by atoms with Gasteiger partial charge in [-0.3, -0.25) is 4.79 Å². The minimum atomic E-state index is -0.159. The molecule has 0 saturated carbocycles. The van der Waals surface area contributed by atoms with Gasteiger partial charge in [0.15, 0.2) is 0 Å². The molecule has 8 nitrogen and oxygen atoms in total. The Bertz CT molecular complexity index is 1040. The fourth-order valence-electron chi connectivity index (χ4n) is 3.08. The number of rotatable bonds is 9. The third-order valence-electron chi connectivity index (χ3n) is 4.48. The van der Waals surface area contributed by atoms with E-state index in [1.807, 2.05) is 30.3 Å². The number of nitrogens with zero attached hydrogens (tertiary/aromatic N) is 5. The molecular weight excluding hydrogens is 382 g/mol. The lowest BCUT2D eigenvalue weighted by Gasteiger charge is -2.20. The number of tetrazole rings is 1. The zero-order valence-corrected chi connectivity index (χ0v) is 17.0. The molecule has 1 amide bonds. The van der Waals surface area contributed by atoms with E-state index in [0.29, 0.717) is 35.8 Å². The molecule has 1 aromatic heterocycles. The molecule has 0 fully saturated rings. The average Bonchev–Trinajstić information content (AvgIpc) is 3.32. The molecule has 0 unspecified atom stereocenters. The summed E-state index contributed by atoms with van der Waals surface area (Å²) in [6, 6.07) is 10.9. The summed E-state index contributed by atoms with van der Waals surface area (Å²) < 4.78 is 12.4. The number of aromatic nitrogens is 4. The van der Waals surface area contributed by atoms with E-state index >= 15 is 0 Å². The van der Waals surface area contributed by atoms with Crippen LogP contribution in [0.2, 0.25) is 0 Å². The Labute approximate surface area is 175 Å². The van der Waals surface area contributed by atoms with Crippen LogP contribution in [0.4, 0.5) is 0 Å². The van der Waals surface area contributed by atoms with Crippen molar-refractivity contribution in [3.63, 3.8) is 0 Å². The van der Waals surface area contributed by atoms with Gasteiger partial charge in [-0.25, -0.2) is 4.68 Å². The monoisotopic (exact) mass is 405 g/mol. The normalized spacial score (nSPS) is 10.3. The van der Waals surface area contributed by atoms with Crippen molar-refractivity contribution in [3.8, 4) is 28.3 Å². The summed E-state index contributed by atoms with van der Waals surface area (Å²) in [5.41, 5.74) is 2.66. The fourth-order valence-corrected chi connectivity index (χ4v) is 3.08. The van der Waals surface area contributed by atoms with Crippen molar-refractivity contribution in [1.29, 1.82) is 0 Å². The van der Waals surface area contributed by atoms with Crippen LogP contribution in [-0.4, -0.2) is 58.3 Å². The van der Waals surface area contributed by atoms with Crippen LogP contribution in [0.3, 0.4) is 0 Å². The maximum absolute atomic E-state index is 13.2. The van der Waals surface area contributed by atoms with Gasteiger partial charge in [-0.05, 0) is 52.4 Å². The predicted molar refractivity (Wildman–Crippen MR) is 114 cm³/mol. The molecule has 1 heterocycles. The third kappa shape index (κ3) is 4.38. The zero-order chi connectivity index (χ0) is 21.5. The van der Waals surface area contributed by atoms with Gasteiger partial charge in [0.05, 0.1) is 19.9 Å². The second-order valence-electron chi connectivity index (χ2n) is 6.38. The molecule has 154 valence electrons. The first-order chi connectivity index (χ1) is 14.6. The quantitative estimate of drug-likeness (QED) is 0.509. The molecule has 0 bridgehead atoms. The lowest BCUT2D eigenvalue weighted by Crippen LogP contribution is -2.31. The van der Waals surface area contributed by atoms with Crippen LogP contribution in [0.15, 0.2) is 68.0 Å². The maximum Gasteiger partial charge on any atom is 0.254 e. The Morgan fingerprint density at radius 3 is 2.47 bits per heavy atom. The molecule has 0 saturated heterocycles. The van der Waals surface area contributed by atoms with Gasteiger partial charge in [-0.1, -0.05) is 12.2 Å². The number of ether oxygens (including phenoxy) is 2. The number of hydrogen-bond acceptors (Lipinski definition) is 6. The van der Waals surface area contributed by atoms with Crippen molar-refractivity contribution in [3.05, 3.63) is 73.6 Å². The smallest absolute Gasteiger partial charge is 0.254 e. The Balaban J connectivity index is 2.18. The third-order valence-corrected chi connectivity index (χ3v) is 4.48. The highest BCUT2D eigenvalue weighted by molar-refractivity contribution is 5.96. The highest BCUT2D eigenvalue weighted by Gasteiger charge is 2.18. The van der Waals surface area contributed by atoms with Gasteiger partial charge in [-0.2, -0.15) is 0 Å². The number of carbonyl (C=O) groups is 1. The standard InChI is InChI=1S/C22H23N5O3/c1-5-9-26(10-6-2)22(28)17-11-16(12-18(13-17)27-15-23-24-25-27)20-14-19(29-3)7-8-21(20)30-4/h5-8,11-15H,1-2,9-10H2,3-4H3. The summed E-state index contributed by atoms with van der Waals surface area (Å²) in [5, 5.41) is 11.4. The SMILES string of the molecule is C=CCN(CC=C)C(=O)c1cc(-c2cc(OC)ccc2OC)cc(-n2cnnn2)c1. The van der Waals surface area contributed by atoms with Gasteiger partial charge in [0, 0.05) is 24.2 Å². The first-order valence-electron chi connectivity index (χ1n) is 9.23. The summed E-state index contributed by atoms with van der Waals surface area (Å²) in [7, 11) is 3.19. The summed E-state index contributed by atoms with van der Waals surface area (Å²) in [6.45, 7) is 8.27. The van der Waals surface area contributed by atoms with Crippen molar-refractivity contribution in [2.75, 3.05) is 27.3 Å². The zero-order valence-electron chi connectivity index (χ0n) is 17.0. The highest BCUT2D eigenvalue weighted by atomic mass is 16.5. The fraction of sp³-hybridized carbons (Fsp3) is 0.182. The second kappa shape index (κ2) is 9.51. The lowest BCUT2D eigenvalue weighted by molar-refractivity contribution is 0.0791.